The fourth-order valence-corrected chi connectivity index (χ4v) is 0.761. The first-order chi connectivity index (χ1) is 5.91. The van der Waals surface area contributed by atoms with E-state index >= 15 is 0 Å². The van der Waals surface area contributed by atoms with Crippen LogP contribution in [0.15, 0.2) is 11.2 Å². The van der Waals surface area contributed by atoms with E-state index in [2.05, 4.69) is 16.7 Å². The average molecular weight is 188 g/mol. The molecule has 0 saturated carbocycles. The van der Waals surface area contributed by atoms with E-state index in [1.807, 2.05) is 20.8 Å². The predicted octanol–water partition coefficient (Wildman–Crippen LogP) is 1.54. The summed E-state index contributed by atoms with van der Waals surface area (Å²) in [5, 5.41) is 5.08. The van der Waals surface area contributed by atoms with Gasteiger partial charge in [-0.3, -0.25) is 5.43 Å². The van der Waals surface area contributed by atoms with Crippen molar-refractivity contribution < 1.29 is 8.78 Å². The summed E-state index contributed by atoms with van der Waals surface area (Å²) in [7, 11) is 0. The number of halogens is 2. The van der Waals surface area contributed by atoms with Gasteiger partial charge in [-0.05, 0) is 26.8 Å². The fraction of sp³-hybridized carbons (Fsp3) is 0.625. The zero-order chi connectivity index (χ0) is 10.1. The van der Waals surface area contributed by atoms with Crippen LogP contribution in [0.2, 0.25) is 0 Å². The van der Waals surface area contributed by atoms with Crippen molar-refractivity contribution in [3.05, 3.63) is 12.3 Å². The van der Waals surface area contributed by atoms with E-state index in [1.165, 1.54) is 5.12 Å². The van der Waals surface area contributed by atoms with E-state index in [-0.39, 0.29) is 11.3 Å². The van der Waals surface area contributed by atoms with E-state index < -0.39 is 6.43 Å². The summed E-state index contributed by atoms with van der Waals surface area (Å²) in [6.07, 6.45) is 1.10. The lowest BCUT2D eigenvalue weighted by Gasteiger charge is -2.33. The first-order valence-corrected chi connectivity index (χ1v) is 3.92. The average Bonchev–Trinajstić information content (AvgIpc) is 2.03. The third kappa shape index (κ3) is 2.40. The minimum Gasteiger partial charge on any atom is -0.280 e. The molecule has 0 spiro atoms. The van der Waals surface area contributed by atoms with Crippen molar-refractivity contribution >= 4 is 5.71 Å². The van der Waals surface area contributed by atoms with Crippen molar-refractivity contribution in [2.75, 3.05) is 0 Å². The van der Waals surface area contributed by atoms with Crippen LogP contribution in [0, 0.1) is 6.20 Å². The Bertz CT molecular complexity index is 240. The normalized spacial score (nSPS) is 17.4. The topological polar surface area (TPSA) is 27.6 Å². The summed E-state index contributed by atoms with van der Waals surface area (Å²) in [4.78, 5) is 0. The van der Waals surface area contributed by atoms with Gasteiger partial charge in [0.25, 0.3) is 6.43 Å². The molecule has 1 aliphatic heterocycles. The van der Waals surface area contributed by atoms with Crippen LogP contribution in [0.5, 0.6) is 0 Å². The standard InChI is InChI=1S/C8H12F2N3/c1-8(2,3)13-11-5-4-6(12-13)7(9)10/h4,7,11H,1-3H3. The molecule has 1 heterocycles. The molecule has 0 atom stereocenters. The summed E-state index contributed by atoms with van der Waals surface area (Å²) in [5.74, 6) is 0. The molecule has 0 aromatic carbocycles. The molecule has 5 heteroatoms. The SMILES string of the molecule is CC(C)(C)N1N=C(C(F)F)C=[C]N1. The largest absolute Gasteiger partial charge is 0.282 e. The summed E-state index contributed by atoms with van der Waals surface area (Å²) in [5.41, 5.74) is 2.04. The Morgan fingerprint density at radius 2 is 2.15 bits per heavy atom. The van der Waals surface area contributed by atoms with Gasteiger partial charge < -0.3 is 0 Å². The van der Waals surface area contributed by atoms with Crippen LogP contribution in [0.25, 0.3) is 0 Å². The van der Waals surface area contributed by atoms with Crippen LogP contribution >= 0.6 is 0 Å². The monoisotopic (exact) mass is 188 g/mol. The highest BCUT2D eigenvalue weighted by molar-refractivity contribution is 5.97. The number of alkyl halides is 2. The molecule has 0 aromatic heterocycles. The molecule has 1 aliphatic rings. The number of nitrogens with zero attached hydrogens (tertiary/aromatic N) is 2. The Balaban J connectivity index is 2.79. The zero-order valence-electron chi connectivity index (χ0n) is 7.81. The Morgan fingerprint density at radius 1 is 1.54 bits per heavy atom. The predicted molar refractivity (Wildman–Crippen MR) is 46.0 cm³/mol. The lowest BCUT2D eigenvalue weighted by atomic mass is 10.1. The van der Waals surface area contributed by atoms with Crippen molar-refractivity contribution in [1.82, 2.24) is 10.5 Å². The molecule has 3 nitrogen and oxygen atoms in total. The van der Waals surface area contributed by atoms with Gasteiger partial charge >= 0.3 is 0 Å². The third-order valence-corrected chi connectivity index (χ3v) is 1.46. The van der Waals surface area contributed by atoms with Gasteiger partial charge in [0.1, 0.15) is 5.71 Å². The number of rotatable bonds is 1. The van der Waals surface area contributed by atoms with Crippen LogP contribution in [0.4, 0.5) is 8.78 Å². The summed E-state index contributed by atoms with van der Waals surface area (Å²) >= 11 is 0. The number of hydrazone groups is 1. The van der Waals surface area contributed by atoms with E-state index in [9.17, 15) is 8.78 Å². The van der Waals surface area contributed by atoms with Crippen molar-refractivity contribution in [1.29, 1.82) is 0 Å². The molecule has 0 fully saturated rings. The lowest BCUT2D eigenvalue weighted by molar-refractivity contribution is 0.0890. The first-order valence-electron chi connectivity index (χ1n) is 3.92. The molecule has 0 amide bonds. The number of nitrogens with one attached hydrogen (secondary N) is 1. The van der Waals surface area contributed by atoms with Gasteiger partial charge in [0.15, 0.2) is 0 Å². The number of allylic oxidation sites excluding steroid dienone is 1. The molecule has 13 heavy (non-hydrogen) atoms. The highest BCUT2D eigenvalue weighted by Gasteiger charge is 2.23. The van der Waals surface area contributed by atoms with Gasteiger partial charge in [-0.1, -0.05) is 0 Å². The molecule has 1 radical (unpaired) electrons. The quantitative estimate of drug-likeness (QED) is 0.676. The highest BCUT2D eigenvalue weighted by atomic mass is 19.3. The number of hydrogen-bond donors (Lipinski definition) is 1. The molecule has 0 saturated heterocycles. The van der Waals surface area contributed by atoms with Crippen LogP contribution in [-0.4, -0.2) is 22.8 Å². The van der Waals surface area contributed by atoms with E-state index in [0.717, 1.165) is 6.08 Å². The van der Waals surface area contributed by atoms with Gasteiger partial charge in [0.2, 0.25) is 0 Å². The minimum absolute atomic E-state index is 0.270. The van der Waals surface area contributed by atoms with Crippen LogP contribution < -0.4 is 5.43 Å². The molecule has 73 valence electrons. The minimum atomic E-state index is -2.56. The summed E-state index contributed by atoms with van der Waals surface area (Å²) < 4.78 is 24.5. The summed E-state index contributed by atoms with van der Waals surface area (Å²) in [6.45, 7) is 5.58. The smallest absolute Gasteiger partial charge is 0.280 e. The van der Waals surface area contributed by atoms with Crippen LogP contribution in [-0.2, 0) is 0 Å². The summed E-state index contributed by atoms with van der Waals surface area (Å²) in [6, 6.07) is 0. The molecular weight excluding hydrogens is 176 g/mol. The molecular formula is C8H12F2N3. The maximum absolute atomic E-state index is 12.2. The molecule has 0 aliphatic carbocycles. The van der Waals surface area contributed by atoms with Gasteiger partial charge in [-0.25, -0.2) is 13.9 Å². The van der Waals surface area contributed by atoms with Gasteiger partial charge in [-0.2, -0.15) is 5.10 Å². The van der Waals surface area contributed by atoms with Crippen molar-refractivity contribution in [3.63, 3.8) is 0 Å². The maximum atomic E-state index is 12.2. The van der Waals surface area contributed by atoms with Crippen molar-refractivity contribution in [3.8, 4) is 0 Å². The second-order valence-corrected chi connectivity index (χ2v) is 3.71. The molecule has 0 unspecified atom stereocenters. The van der Waals surface area contributed by atoms with E-state index in [4.69, 9.17) is 0 Å². The molecule has 1 rings (SSSR count). The lowest BCUT2D eigenvalue weighted by Crippen LogP contribution is -2.47. The molecule has 1 N–H and O–H groups in total. The highest BCUT2D eigenvalue weighted by Crippen LogP contribution is 2.14. The third-order valence-electron chi connectivity index (χ3n) is 1.46. The zero-order valence-corrected chi connectivity index (χ0v) is 7.81. The maximum Gasteiger partial charge on any atom is 0.282 e. The Kier molecular flexibility index (Phi) is 2.54. The van der Waals surface area contributed by atoms with Gasteiger partial charge in [-0.15, -0.1) is 0 Å². The Labute approximate surface area is 76.1 Å². The second kappa shape index (κ2) is 3.32. The van der Waals surface area contributed by atoms with Gasteiger partial charge in [0, 0.05) is 0 Å². The van der Waals surface area contributed by atoms with Crippen LogP contribution in [0.3, 0.4) is 0 Å². The molecule has 0 aromatic rings. The second-order valence-electron chi connectivity index (χ2n) is 3.71. The molecule has 0 bridgehead atoms. The van der Waals surface area contributed by atoms with Crippen molar-refractivity contribution in [2.45, 2.75) is 32.7 Å². The Morgan fingerprint density at radius 3 is 2.62 bits per heavy atom. The van der Waals surface area contributed by atoms with Crippen LogP contribution in [0.1, 0.15) is 20.8 Å². The number of hydrogen-bond acceptors (Lipinski definition) is 3. The van der Waals surface area contributed by atoms with E-state index in [0.29, 0.717) is 0 Å². The number of hydrazine groups is 1. The van der Waals surface area contributed by atoms with E-state index in [1.54, 1.807) is 0 Å². The van der Waals surface area contributed by atoms with Crippen molar-refractivity contribution in [2.24, 2.45) is 5.10 Å². The van der Waals surface area contributed by atoms with Gasteiger partial charge in [0.05, 0.1) is 11.7 Å². The first kappa shape index (κ1) is 9.95. The fourth-order valence-electron chi connectivity index (χ4n) is 0.761. The Hall–Kier alpha value is -1.13.